The Kier molecular flexibility index (Phi) is 9.55. The van der Waals surface area contributed by atoms with Crippen molar-refractivity contribution in [1.82, 2.24) is 10.2 Å². The van der Waals surface area contributed by atoms with E-state index in [1.54, 1.807) is 24.3 Å². The van der Waals surface area contributed by atoms with E-state index in [4.69, 9.17) is 0 Å². The van der Waals surface area contributed by atoms with Gasteiger partial charge in [-0.15, -0.1) is 12.4 Å². The van der Waals surface area contributed by atoms with E-state index in [9.17, 15) is 14.4 Å². The van der Waals surface area contributed by atoms with Gasteiger partial charge in [-0.3, -0.25) is 4.79 Å². The third-order valence-electron chi connectivity index (χ3n) is 8.10. The number of hydrogen-bond donors (Lipinski definition) is 1. The summed E-state index contributed by atoms with van der Waals surface area (Å²) in [4.78, 5) is 15.1. The van der Waals surface area contributed by atoms with Gasteiger partial charge in [0.1, 0.15) is 5.82 Å². The Balaban J connectivity index is 0.00000336. The molecular weight excluding hydrogens is 497 g/mol. The summed E-state index contributed by atoms with van der Waals surface area (Å²) in [5.41, 5.74) is 4.33. The molecule has 6 heteroatoms. The molecule has 1 aliphatic carbocycles. The quantitative estimate of drug-likeness (QED) is 0.372. The Labute approximate surface area is 230 Å². The molecule has 1 heterocycles. The maximum atomic E-state index is 14.1. The topological polar surface area (TPSA) is 56.1 Å². The zero-order chi connectivity index (χ0) is 25.6. The molecule has 1 amide bonds. The van der Waals surface area contributed by atoms with Crippen LogP contribution < -0.4 is 5.32 Å². The van der Waals surface area contributed by atoms with Crippen molar-refractivity contribution in [1.29, 1.82) is 5.26 Å². The predicted molar refractivity (Wildman–Crippen MR) is 154 cm³/mol. The van der Waals surface area contributed by atoms with Crippen LogP contribution in [0.15, 0.2) is 60.7 Å². The lowest BCUT2D eigenvalue weighted by Gasteiger charge is -2.30. The summed E-state index contributed by atoms with van der Waals surface area (Å²) < 4.78 is 14.1. The first kappa shape index (κ1) is 27.8. The van der Waals surface area contributed by atoms with E-state index < -0.39 is 0 Å². The predicted octanol–water partition coefficient (Wildman–Crippen LogP) is 6.45. The van der Waals surface area contributed by atoms with Crippen molar-refractivity contribution in [2.45, 2.75) is 51.0 Å². The Bertz CT molecular complexity index is 1340. The van der Waals surface area contributed by atoms with Crippen molar-refractivity contribution in [3.8, 4) is 6.07 Å². The van der Waals surface area contributed by atoms with Crippen LogP contribution in [0.25, 0.3) is 16.8 Å². The van der Waals surface area contributed by atoms with Gasteiger partial charge in [-0.05, 0) is 104 Å². The highest BCUT2D eigenvalue weighted by Crippen LogP contribution is 2.28. The van der Waals surface area contributed by atoms with Crippen LogP contribution in [0.5, 0.6) is 0 Å². The molecule has 0 radical (unpaired) electrons. The molecule has 0 bridgehead atoms. The molecule has 0 spiro atoms. The van der Waals surface area contributed by atoms with Crippen molar-refractivity contribution in [2.24, 2.45) is 5.92 Å². The van der Waals surface area contributed by atoms with E-state index in [2.05, 4.69) is 28.4 Å². The van der Waals surface area contributed by atoms with Gasteiger partial charge in [-0.25, -0.2) is 4.39 Å². The maximum Gasteiger partial charge on any atom is 0.244 e. The van der Waals surface area contributed by atoms with E-state index >= 15 is 0 Å². The Hall–Kier alpha value is -3.20. The highest BCUT2D eigenvalue weighted by atomic mass is 35.5. The SMILES string of the molecule is Cl.N#Cc1ccc2c(c1)CCN(CCC1CCC(NC(=O)/C=C/c3ccc(F)c4ccccc34)CC1)CC2. The molecule has 3 aromatic carbocycles. The molecule has 38 heavy (non-hydrogen) atoms. The van der Waals surface area contributed by atoms with Crippen molar-refractivity contribution in [3.05, 3.63) is 88.7 Å². The Morgan fingerprint density at radius 1 is 1.00 bits per heavy atom. The van der Waals surface area contributed by atoms with Gasteiger partial charge in [0.05, 0.1) is 11.6 Å². The van der Waals surface area contributed by atoms with Gasteiger partial charge in [-0.1, -0.05) is 36.4 Å². The van der Waals surface area contributed by atoms with Crippen LogP contribution in [0.4, 0.5) is 4.39 Å². The molecule has 0 aromatic heterocycles. The van der Waals surface area contributed by atoms with E-state index in [0.717, 1.165) is 74.7 Å². The van der Waals surface area contributed by atoms with Gasteiger partial charge in [0.25, 0.3) is 0 Å². The largest absolute Gasteiger partial charge is 0.350 e. The maximum absolute atomic E-state index is 14.1. The average Bonchev–Trinajstić information content (AvgIpc) is 3.14. The summed E-state index contributed by atoms with van der Waals surface area (Å²) in [6.45, 7) is 3.26. The minimum atomic E-state index is -0.246. The van der Waals surface area contributed by atoms with Crippen LogP contribution in [0.3, 0.4) is 0 Å². The molecular formula is C32H35ClFN3O. The zero-order valence-electron chi connectivity index (χ0n) is 21.7. The molecule has 4 nitrogen and oxygen atoms in total. The second-order valence-electron chi connectivity index (χ2n) is 10.5. The molecule has 1 saturated carbocycles. The number of amides is 1. The normalized spacial score (nSPS) is 19.8. The van der Waals surface area contributed by atoms with Crippen LogP contribution in [0.2, 0.25) is 0 Å². The summed E-state index contributed by atoms with van der Waals surface area (Å²) in [6.07, 6.45) is 11.0. The van der Waals surface area contributed by atoms with E-state index in [1.807, 2.05) is 24.3 Å². The van der Waals surface area contributed by atoms with Crippen LogP contribution >= 0.6 is 12.4 Å². The summed E-state index contributed by atoms with van der Waals surface area (Å²) in [5.74, 6) is 0.384. The van der Waals surface area contributed by atoms with Crippen LogP contribution in [-0.4, -0.2) is 36.5 Å². The summed E-state index contributed by atoms with van der Waals surface area (Å²) >= 11 is 0. The van der Waals surface area contributed by atoms with Crippen molar-refractivity contribution in [3.63, 3.8) is 0 Å². The molecule has 1 fully saturated rings. The van der Waals surface area contributed by atoms with Gasteiger partial charge < -0.3 is 10.2 Å². The number of carbonyl (C=O) groups excluding carboxylic acids is 1. The van der Waals surface area contributed by atoms with Crippen LogP contribution in [0, 0.1) is 23.1 Å². The van der Waals surface area contributed by atoms with E-state index in [0.29, 0.717) is 11.3 Å². The van der Waals surface area contributed by atoms with Gasteiger partial charge in [-0.2, -0.15) is 5.26 Å². The zero-order valence-corrected chi connectivity index (χ0v) is 22.5. The van der Waals surface area contributed by atoms with Crippen molar-refractivity contribution in [2.75, 3.05) is 19.6 Å². The third kappa shape index (κ3) is 6.81. The fraction of sp³-hybridized carbons (Fsp3) is 0.375. The van der Waals surface area contributed by atoms with Gasteiger partial charge in [0, 0.05) is 30.6 Å². The number of halogens is 2. The molecule has 1 aliphatic heterocycles. The lowest BCUT2D eigenvalue weighted by Crippen LogP contribution is -2.37. The molecule has 3 aromatic rings. The highest BCUT2D eigenvalue weighted by molar-refractivity contribution is 5.97. The number of nitriles is 1. The number of benzene rings is 3. The fourth-order valence-electron chi connectivity index (χ4n) is 5.87. The first-order chi connectivity index (χ1) is 18.1. The third-order valence-corrected chi connectivity index (χ3v) is 8.10. The van der Waals surface area contributed by atoms with Crippen molar-refractivity contribution >= 4 is 35.2 Å². The van der Waals surface area contributed by atoms with Gasteiger partial charge in [0.15, 0.2) is 0 Å². The summed E-state index contributed by atoms with van der Waals surface area (Å²) in [5, 5.41) is 13.7. The minimum Gasteiger partial charge on any atom is -0.350 e. The molecule has 0 atom stereocenters. The summed E-state index contributed by atoms with van der Waals surface area (Å²) in [6, 6.07) is 19.1. The number of nitrogens with one attached hydrogen (secondary N) is 1. The van der Waals surface area contributed by atoms with Crippen LogP contribution in [0.1, 0.15) is 54.4 Å². The molecule has 5 rings (SSSR count). The average molecular weight is 532 g/mol. The lowest BCUT2D eigenvalue weighted by molar-refractivity contribution is -0.117. The Morgan fingerprint density at radius 2 is 1.74 bits per heavy atom. The molecule has 0 saturated heterocycles. The minimum absolute atomic E-state index is 0. The van der Waals surface area contributed by atoms with Crippen LogP contribution in [-0.2, 0) is 17.6 Å². The monoisotopic (exact) mass is 531 g/mol. The standard InChI is InChI=1S/C32H34FN3O.ClH/c33-31-13-9-26(29-3-1-2-4-30(29)31)10-14-32(37)35-28-11-6-23(7-12-28)15-18-36-19-16-25-8-5-24(22-34)21-27(25)17-20-36;/h1-5,8-10,13-14,21,23,28H,6-7,11-12,15-20H2,(H,35,37);1H/b14-10+;. The number of carbonyl (C=O) groups is 1. The van der Waals surface area contributed by atoms with Crippen molar-refractivity contribution < 1.29 is 9.18 Å². The molecule has 2 aliphatic rings. The van der Waals surface area contributed by atoms with Gasteiger partial charge >= 0.3 is 0 Å². The molecule has 198 valence electrons. The fourth-order valence-corrected chi connectivity index (χ4v) is 5.87. The summed E-state index contributed by atoms with van der Waals surface area (Å²) in [7, 11) is 0. The smallest absolute Gasteiger partial charge is 0.244 e. The van der Waals surface area contributed by atoms with E-state index in [-0.39, 0.29) is 30.2 Å². The molecule has 0 unspecified atom stereocenters. The molecule has 1 N–H and O–H groups in total. The number of nitrogens with zero attached hydrogens (tertiary/aromatic N) is 2. The number of rotatable bonds is 6. The second kappa shape index (κ2) is 13.0. The lowest BCUT2D eigenvalue weighted by atomic mass is 9.84. The van der Waals surface area contributed by atoms with E-state index in [1.165, 1.54) is 23.6 Å². The number of hydrogen-bond acceptors (Lipinski definition) is 3. The highest BCUT2D eigenvalue weighted by Gasteiger charge is 2.23. The number of fused-ring (bicyclic) bond motifs is 2. The first-order valence-corrected chi connectivity index (χ1v) is 13.5. The first-order valence-electron chi connectivity index (χ1n) is 13.5. The Morgan fingerprint density at radius 3 is 2.50 bits per heavy atom. The second-order valence-corrected chi connectivity index (χ2v) is 10.5. The van der Waals surface area contributed by atoms with Gasteiger partial charge in [0.2, 0.25) is 5.91 Å².